The van der Waals surface area contributed by atoms with Crippen LogP contribution in [0.5, 0.6) is 0 Å². The van der Waals surface area contributed by atoms with E-state index in [-0.39, 0.29) is 0 Å². The zero-order valence-electron chi connectivity index (χ0n) is 10.1. The molecule has 0 amide bonds. The van der Waals surface area contributed by atoms with Gasteiger partial charge in [0.25, 0.3) is 0 Å². The van der Waals surface area contributed by atoms with Gasteiger partial charge in [-0.3, -0.25) is 4.90 Å². The summed E-state index contributed by atoms with van der Waals surface area (Å²) in [5.74, 6) is 0.772. The van der Waals surface area contributed by atoms with Crippen LogP contribution in [0.4, 0.5) is 0 Å². The van der Waals surface area contributed by atoms with Crippen LogP contribution in [0.1, 0.15) is 26.7 Å². The van der Waals surface area contributed by atoms with Crippen LogP contribution < -0.4 is 0 Å². The molecule has 0 aromatic carbocycles. The molecular weight excluding hydrogens is 190 g/mol. The van der Waals surface area contributed by atoms with Crippen LogP contribution in [0.15, 0.2) is 0 Å². The largest absolute Gasteiger partial charge is 0.383 e. The molecule has 3 atom stereocenters. The summed E-state index contributed by atoms with van der Waals surface area (Å²) in [5, 5.41) is 0. The van der Waals surface area contributed by atoms with Crippen LogP contribution in [0.2, 0.25) is 0 Å². The Kier molecular flexibility index (Phi) is 3.65. The van der Waals surface area contributed by atoms with Gasteiger partial charge < -0.3 is 9.47 Å². The third-order valence-electron chi connectivity index (χ3n) is 3.62. The number of likely N-dealkylation sites (tertiary alicyclic amines) is 1. The van der Waals surface area contributed by atoms with Gasteiger partial charge in [0.05, 0.1) is 18.8 Å². The number of hydrogen-bond acceptors (Lipinski definition) is 3. The predicted molar refractivity (Wildman–Crippen MR) is 60.0 cm³/mol. The van der Waals surface area contributed by atoms with Gasteiger partial charge in [-0.25, -0.2) is 0 Å². The summed E-state index contributed by atoms with van der Waals surface area (Å²) in [5.41, 5.74) is 0. The Morgan fingerprint density at radius 1 is 1.33 bits per heavy atom. The van der Waals surface area contributed by atoms with Gasteiger partial charge in [0.15, 0.2) is 0 Å². The normalized spacial score (nSPS) is 35.6. The molecule has 1 saturated heterocycles. The van der Waals surface area contributed by atoms with Crippen molar-refractivity contribution in [2.75, 3.05) is 26.8 Å². The number of rotatable bonds is 5. The maximum absolute atomic E-state index is 5.94. The first-order valence-electron chi connectivity index (χ1n) is 6.09. The van der Waals surface area contributed by atoms with E-state index in [4.69, 9.17) is 9.47 Å². The first kappa shape index (κ1) is 11.4. The van der Waals surface area contributed by atoms with E-state index in [1.807, 2.05) is 0 Å². The van der Waals surface area contributed by atoms with Crippen LogP contribution in [0, 0.1) is 5.92 Å². The summed E-state index contributed by atoms with van der Waals surface area (Å²) < 4.78 is 11.1. The summed E-state index contributed by atoms with van der Waals surface area (Å²) in [7, 11) is 1.78. The predicted octanol–water partition coefficient (Wildman–Crippen LogP) is 1.52. The number of ether oxygens (including phenoxy) is 2. The molecule has 2 aliphatic rings. The highest BCUT2D eigenvalue weighted by Gasteiger charge is 2.44. The SMILES string of the molecule is COCCN1CC2CC1CC2OC(C)C. The lowest BCUT2D eigenvalue weighted by Gasteiger charge is -2.32. The molecule has 1 saturated carbocycles. The maximum atomic E-state index is 5.94. The van der Waals surface area contributed by atoms with Gasteiger partial charge in [0.1, 0.15) is 0 Å². The second kappa shape index (κ2) is 4.81. The molecule has 0 spiro atoms. The molecule has 2 fully saturated rings. The highest BCUT2D eigenvalue weighted by atomic mass is 16.5. The third-order valence-corrected chi connectivity index (χ3v) is 3.62. The van der Waals surface area contributed by atoms with Crippen LogP contribution in [-0.2, 0) is 9.47 Å². The summed E-state index contributed by atoms with van der Waals surface area (Å²) >= 11 is 0. The Hall–Kier alpha value is -0.120. The van der Waals surface area contributed by atoms with E-state index in [1.165, 1.54) is 19.4 Å². The van der Waals surface area contributed by atoms with Crippen LogP contribution in [0.25, 0.3) is 0 Å². The molecule has 0 aromatic heterocycles. The van der Waals surface area contributed by atoms with E-state index >= 15 is 0 Å². The number of nitrogens with zero attached hydrogens (tertiary/aromatic N) is 1. The quantitative estimate of drug-likeness (QED) is 0.691. The number of fused-ring (bicyclic) bond motifs is 2. The van der Waals surface area contributed by atoms with Gasteiger partial charge in [0, 0.05) is 26.2 Å². The van der Waals surface area contributed by atoms with Crippen LogP contribution in [0.3, 0.4) is 0 Å². The van der Waals surface area contributed by atoms with Crippen molar-refractivity contribution < 1.29 is 9.47 Å². The molecule has 2 bridgehead atoms. The molecule has 3 nitrogen and oxygen atoms in total. The van der Waals surface area contributed by atoms with E-state index in [2.05, 4.69) is 18.7 Å². The van der Waals surface area contributed by atoms with Crippen molar-refractivity contribution >= 4 is 0 Å². The summed E-state index contributed by atoms with van der Waals surface area (Å²) in [6, 6.07) is 0.758. The van der Waals surface area contributed by atoms with Gasteiger partial charge in [0.2, 0.25) is 0 Å². The lowest BCUT2D eigenvalue weighted by Crippen LogP contribution is -2.40. The van der Waals surface area contributed by atoms with Gasteiger partial charge in [-0.15, -0.1) is 0 Å². The van der Waals surface area contributed by atoms with Crippen LogP contribution >= 0.6 is 0 Å². The minimum Gasteiger partial charge on any atom is -0.383 e. The lowest BCUT2D eigenvalue weighted by atomic mass is 10.1. The minimum atomic E-state index is 0.377. The van der Waals surface area contributed by atoms with Crippen molar-refractivity contribution in [2.24, 2.45) is 5.92 Å². The second-order valence-corrected chi connectivity index (χ2v) is 5.10. The Bertz CT molecular complexity index is 208. The topological polar surface area (TPSA) is 21.7 Å². The number of methoxy groups -OCH3 is 1. The monoisotopic (exact) mass is 213 g/mol. The Morgan fingerprint density at radius 2 is 2.13 bits per heavy atom. The van der Waals surface area contributed by atoms with Crippen molar-refractivity contribution in [2.45, 2.75) is 44.9 Å². The van der Waals surface area contributed by atoms with Crippen molar-refractivity contribution in [3.8, 4) is 0 Å². The van der Waals surface area contributed by atoms with Gasteiger partial charge in [-0.1, -0.05) is 0 Å². The molecular formula is C12H23NO2. The van der Waals surface area contributed by atoms with Crippen molar-refractivity contribution in [3.63, 3.8) is 0 Å². The molecule has 15 heavy (non-hydrogen) atoms. The van der Waals surface area contributed by atoms with Crippen molar-refractivity contribution in [1.82, 2.24) is 4.90 Å². The van der Waals surface area contributed by atoms with Gasteiger partial charge in [-0.2, -0.15) is 0 Å². The molecule has 1 heterocycles. The smallest absolute Gasteiger partial charge is 0.0634 e. The zero-order valence-corrected chi connectivity index (χ0v) is 10.1. The molecule has 3 unspecified atom stereocenters. The fraction of sp³-hybridized carbons (Fsp3) is 1.00. The molecule has 0 radical (unpaired) electrons. The van der Waals surface area contributed by atoms with Crippen LogP contribution in [-0.4, -0.2) is 50.0 Å². The van der Waals surface area contributed by atoms with E-state index in [1.54, 1.807) is 7.11 Å². The lowest BCUT2D eigenvalue weighted by molar-refractivity contribution is -0.0361. The van der Waals surface area contributed by atoms with E-state index in [9.17, 15) is 0 Å². The number of hydrogen-bond donors (Lipinski definition) is 0. The fourth-order valence-corrected chi connectivity index (χ4v) is 3.00. The number of piperidine rings is 1. The highest BCUT2D eigenvalue weighted by Crippen LogP contribution is 2.39. The first-order valence-corrected chi connectivity index (χ1v) is 6.09. The first-order chi connectivity index (χ1) is 7.20. The molecule has 1 aliphatic carbocycles. The van der Waals surface area contributed by atoms with E-state index < -0.39 is 0 Å². The summed E-state index contributed by atoms with van der Waals surface area (Å²) in [6.45, 7) is 7.43. The van der Waals surface area contributed by atoms with Crippen molar-refractivity contribution in [3.05, 3.63) is 0 Å². The van der Waals surface area contributed by atoms with Gasteiger partial charge >= 0.3 is 0 Å². The van der Waals surface area contributed by atoms with E-state index in [0.717, 1.165) is 25.1 Å². The average molecular weight is 213 g/mol. The third kappa shape index (κ3) is 2.52. The maximum Gasteiger partial charge on any atom is 0.0634 e. The van der Waals surface area contributed by atoms with Crippen molar-refractivity contribution in [1.29, 1.82) is 0 Å². The molecule has 1 aliphatic heterocycles. The molecule has 2 rings (SSSR count). The average Bonchev–Trinajstić information content (AvgIpc) is 2.72. The Labute approximate surface area is 92.7 Å². The fourth-order valence-electron chi connectivity index (χ4n) is 3.00. The minimum absolute atomic E-state index is 0.377. The summed E-state index contributed by atoms with van der Waals surface area (Å²) in [4.78, 5) is 2.56. The highest BCUT2D eigenvalue weighted by molar-refractivity contribution is 4.98. The second-order valence-electron chi connectivity index (χ2n) is 5.10. The molecule has 88 valence electrons. The van der Waals surface area contributed by atoms with E-state index in [0.29, 0.717) is 12.2 Å². The summed E-state index contributed by atoms with van der Waals surface area (Å²) in [6.07, 6.45) is 3.46. The standard InChI is InChI=1S/C12H23NO2/c1-9(2)15-12-7-11-6-10(12)8-13(11)4-5-14-3/h9-12H,4-8H2,1-3H3. The molecule has 0 N–H and O–H groups in total. The zero-order chi connectivity index (χ0) is 10.8. The van der Waals surface area contributed by atoms with Gasteiger partial charge in [-0.05, 0) is 32.6 Å². The molecule has 0 aromatic rings. The Balaban J connectivity index is 1.78. The Morgan fingerprint density at radius 3 is 2.67 bits per heavy atom. The molecule has 3 heteroatoms.